The summed E-state index contributed by atoms with van der Waals surface area (Å²) in [4.78, 5) is 24.3. The molecular formula is C16H18N2O3. The number of benzene rings is 1. The molecule has 1 atom stereocenters. The van der Waals surface area contributed by atoms with Crippen LogP contribution in [0.3, 0.4) is 0 Å². The number of fused-ring (bicyclic) bond motifs is 1. The van der Waals surface area contributed by atoms with E-state index in [9.17, 15) is 9.59 Å². The molecule has 0 aliphatic heterocycles. The van der Waals surface area contributed by atoms with Gasteiger partial charge in [0, 0.05) is 18.0 Å². The van der Waals surface area contributed by atoms with Gasteiger partial charge in [-0.1, -0.05) is 18.2 Å². The predicted octanol–water partition coefficient (Wildman–Crippen LogP) is 1.57. The van der Waals surface area contributed by atoms with Crippen molar-refractivity contribution in [2.45, 2.75) is 25.8 Å². The molecule has 21 heavy (non-hydrogen) atoms. The van der Waals surface area contributed by atoms with E-state index in [1.165, 1.54) is 0 Å². The minimum Gasteiger partial charge on any atom is -0.422 e. The fourth-order valence-corrected chi connectivity index (χ4v) is 2.56. The molecule has 3 N–H and O–H groups in total. The van der Waals surface area contributed by atoms with Crippen molar-refractivity contribution in [3.63, 3.8) is 0 Å². The van der Waals surface area contributed by atoms with Crippen LogP contribution in [0.25, 0.3) is 11.0 Å². The lowest BCUT2D eigenvalue weighted by Crippen LogP contribution is -2.40. The SMILES string of the molecule is Cc1c(C(=O)NCC(N)C2CC2)c(=O)oc2ccccc12. The van der Waals surface area contributed by atoms with E-state index in [2.05, 4.69) is 5.32 Å². The first kappa shape index (κ1) is 13.8. The molecule has 1 unspecified atom stereocenters. The number of hydrogen-bond acceptors (Lipinski definition) is 4. The Labute approximate surface area is 122 Å². The van der Waals surface area contributed by atoms with Crippen molar-refractivity contribution >= 4 is 16.9 Å². The number of carbonyl (C=O) groups is 1. The Balaban J connectivity index is 1.88. The molecule has 0 spiro atoms. The molecule has 1 aromatic carbocycles. The third-order valence-electron chi connectivity index (χ3n) is 4.03. The van der Waals surface area contributed by atoms with E-state index in [0.717, 1.165) is 18.2 Å². The molecular weight excluding hydrogens is 268 g/mol. The van der Waals surface area contributed by atoms with Gasteiger partial charge >= 0.3 is 5.63 Å². The van der Waals surface area contributed by atoms with E-state index >= 15 is 0 Å². The van der Waals surface area contributed by atoms with Gasteiger partial charge in [0.25, 0.3) is 5.91 Å². The topological polar surface area (TPSA) is 85.3 Å². The highest BCUT2D eigenvalue weighted by molar-refractivity contribution is 5.99. The van der Waals surface area contributed by atoms with E-state index in [-0.39, 0.29) is 11.6 Å². The van der Waals surface area contributed by atoms with Gasteiger partial charge in [0.05, 0.1) is 0 Å². The highest BCUT2D eigenvalue weighted by Gasteiger charge is 2.29. The Morgan fingerprint density at radius 2 is 2.14 bits per heavy atom. The summed E-state index contributed by atoms with van der Waals surface area (Å²) in [5, 5.41) is 3.51. The molecule has 1 aliphatic carbocycles. The lowest BCUT2D eigenvalue weighted by molar-refractivity contribution is 0.0946. The van der Waals surface area contributed by atoms with Crippen LogP contribution in [0.5, 0.6) is 0 Å². The number of amides is 1. The quantitative estimate of drug-likeness (QED) is 0.835. The molecule has 3 rings (SSSR count). The van der Waals surface area contributed by atoms with Crippen LogP contribution < -0.4 is 16.7 Å². The van der Waals surface area contributed by atoms with Crippen LogP contribution in [0.4, 0.5) is 0 Å². The second-order valence-electron chi connectivity index (χ2n) is 5.60. The monoisotopic (exact) mass is 286 g/mol. The molecule has 1 fully saturated rings. The van der Waals surface area contributed by atoms with Gasteiger partial charge in [-0.05, 0) is 37.3 Å². The summed E-state index contributed by atoms with van der Waals surface area (Å²) in [5.41, 5.74) is 6.54. The molecule has 0 saturated heterocycles. The Kier molecular flexibility index (Phi) is 3.51. The Bertz CT molecular complexity index is 747. The van der Waals surface area contributed by atoms with Crippen LogP contribution in [-0.4, -0.2) is 18.5 Å². The van der Waals surface area contributed by atoms with E-state index < -0.39 is 11.5 Å². The van der Waals surface area contributed by atoms with Gasteiger partial charge in [-0.3, -0.25) is 4.79 Å². The maximum absolute atomic E-state index is 12.3. The normalized spacial score (nSPS) is 15.9. The van der Waals surface area contributed by atoms with Gasteiger partial charge in [-0.2, -0.15) is 0 Å². The van der Waals surface area contributed by atoms with Gasteiger partial charge in [0.2, 0.25) is 0 Å². The molecule has 1 saturated carbocycles. The highest BCUT2D eigenvalue weighted by atomic mass is 16.4. The zero-order valence-electron chi connectivity index (χ0n) is 11.9. The van der Waals surface area contributed by atoms with Gasteiger partial charge in [-0.15, -0.1) is 0 Å². The van der Waals surface area contributed by atoms with E-state index in [1.54, 1.807) is 19.1 Å². The number of nitrogens with two attached hydrogens (primary N) is 1. The van der Waals surface area contributed by atoms with Gasteiger partial charge in [0.1, 0.15) is 11.1 Å². The zero-order valence-corrected chi connectivity index (χ0v) is 11.9. The minimum atomic E-state index is -0.608. The van der Waals surface area contributed by atoms with Crippen LogP contribution in [0.15, 0.2) is 33.5 Å². The summed E-state index contributed by atoms with van der Waals surface area (Å²) < 4.78 is 5.21. The van der Waals surface area contributed by atoms with Crippen molar-refractivity contribution in [3.05, 3.63) is 45.8 Å². The standard InChI is InChI=1S/C16H18N2O3/c1-9-11-4-2-3-5-13(11)21-16(20)14(9)15(19)18-8-12(17)10-6-7-10/h2-5,10,12H,6-8,17H2,1H3,(H,18,19). The first-order chi connectivity index (χ1) is 10.1. The van der Waals surface area contributed by atoms with Gasteiger partial charge in [0.15, 0.2) is 0 Å². The molecule has 1 amide bonds. The number of carbonyl (C=O) groups excluding carboxylic acids is 1. The summed E-state index contributed by atoms with van der Waals surface area (Å²) in [6, 6.07) is 7.15. The second kappa shape index (κ2) is 5.33. The Morgan fingerprint density at radius 3 is 2.86 bits per heavy atom. The molecule has 5 heteroatoms. The van der Waals surface area contributed by atoms with Crippen molar-refractivity contribution in [2.75, 3.05) is 6.54 Å². The molecule has 1 heterocycles. The van der Waals surface area contributed by atoms with Crippen LogP contribution in [0.2, 0.25) is 0 Å². The summed E-state index contributed by atoms with van der Waals surface area (Å²) in [7, 11) is 0. The molecule has 110 valence electrons. The zero-order chi connectivity index (χ0) is 15.0. The van der Waals surface area contributed by atoms with Crippen LogP contribution >= 0.6 is 0 Å². The summed E-state index contributed by atoms with van der Waals surface area (Å²) in [5.74, 6) is 0.0857. The number of rotatable bonds is 4. The first-order valence-corrected chi connectivity index (χ1v) is 7.14. The second-order valence-corrected chi connectivity index (χ2v) is 5.60. The lowest BCUT2D eigenvalue weighted by Gasteiger charge is -2.12. The Morgan fingerprint density at radius 1 is 1.43 bits per heavy atom. The number of para-hydroxylation sites is 1. The number of aryl methyl sites for hydroxylation is 1. The highest BCUT2D eigenvalue weighted by Crippen LogP contribution is 2.31. The fraction of sp³-hybridized carbons (Fsp3) is 0.375. The third-order valence-corrected chi connectivity index (χ3v) is 4.03. The van der Waals surface area contributed by atoms with E-state index in [1.807, 2.05) is 12.1 Å². The third kappa shape index (κ3) is 2.69. The summed E-state index contributed by atoms with van der Waals surface area (Å²) in [6.07, 6.45) is 2.24. The summed E-state index contributed by atoms with van der Waals surface area (Å²) in [6.45, 7) is 2.14. The van der Waals surface area contributed by atoms with Crippen molar-refractivity contribution in [3.8, 4) is 0 Å². The van der Waals surface area contributed by atoms with E-state index in [4.69, 9.17) is 10.2 Å². The first-order valence-electron chi connectivity index (χ1n) is 7.14. The fourth-order valence-electron chi connectivity index (χ4n) is 2.56. The molecule has 5 nitrogen and oxygen atoms in total. The largest absolute Gasteiger partial charge is 0.422 e. The van der Waals surface area contributed by atoms with Crippen molar-refractivity contribution in [1.82, 2.24) is 5.32 Å². The molecule has 2 aromatic rings. The lowest BCUT2D eigenvalue weighted by atomic mass is 10.1. The number of hydrogen-bond donors (Lipinski definition) is 2. The van der Waals surface area contributed by atoms with Crippen LogP contribution in [-0.2, 0) is 0 Å². The average molecular weight is 286 g/mol. The van der Waals surface area contributed by atoms with E-state index in [0.29, 0.717) is 23.6 Å². The van der Waals surface area contributed by atoms with Crippen LogP contribution in [0.1, 0.15) is 28.8 Å². The molecule has 0 bridgehead atoms. The number of nitrogens with one attached hydrogen (secondary N) is 1. The van der Waals surface area contributed by atoms with Gasteiger partial charge in [-0.25, -0.2) is 4.79 Å². The average Bonchev–Trinajstić information content (AvgIpc) is 3.29. The van der Waals surface area contributed by atoms with Crippen molar-refractivity contribution < 1.29 is 9.21 Å². The summed E-state index contributed by atoms with van der Waals surface area (Å²) >= 11 is 0. The maximum Gasteiger partial charge on any atom is 0.349 e. The van der Waals surface area contributed by atoms with Crippen molar-refractivity contribution in [2.24, 2.45) is 11.7 Å². The van der Waals surface area contributed by atoms with Crippen molar-refractivity contribution in [1.29, 1.82) is 0 Å². The smallest absolute Gasteiger partial charge is 0.349 e. The predicted molar refractivity (Wildman–Crippen MR) is 80.3 cm³/mol. The molecule has 1 aromatic heterocycles. The van der Waals surface area contributed by atoms with Crippen LogP contribution in [0, 0.1) is 12.8 Å². The Hall–Kier alpha value is -2.14. The molecule has 1 aliphatic rings. The molecule has 0 radical (unpaired) electrons. The maximum atomic E-state index is 12.3. The minimum absolute atomic E-state index is 0.0400. The van der Waals surface area contributed by atoms with Gasteiger partial charge < -0.3 is 15.5 Å².